The summed E-state index contributed by atoms with van der Waals surface area (Å²) in [6, 6.07) is 19.4. The predicted molar refractivity (Wildman–Crippen MR) is 99.5 cm³/mol. The first-order valence-corrected chi connectivity index (χ1v) is 8.51. The topological polar surface area (TPSA) is 72.4 Å². The summed E-state index contributed by atoms with van der Waals surface area (Å²) in [4.78, 5) is 34.1. The van der Waals surface area contributed by atoms with Crippen molar-refractivity contribution in [3.8, 4) is 0 Å². The number of carbonyl (C=O) groups is 2. The lowest BCUT2D eigenvalue weighted by Gasteiger charge is -2.23. The van der Waals surface area contributed by atoms with Crippen LogP contribution in [0.2, 0.25) is 0 Å². The summed E-state index contributed by atoms with van der Waals surface area (Å²) >= 11 is 0. The molecule has 1 amide bonds. The van der Waals surface area contributed by atoms with Gasteiger partial charge in [-0.2, -0.15) is 0 Å². The van der Waals surface area contributed by atoms with E-state index in [0.29, 0.717) is 13.1 Å². The molecule has 6 heteroatoms. The van der Waals surface area contributed by atoms with E-state index in [1.807, 2.05) is 60.7 Å². The van der Waals surface area contributed by atoms with Crippen molar-refractivity contribution in [1.82, 2.24) is 14.9 Å². The fourth-order valence-electron chi connectivity index (χ4n) is 2.54. The number of hydrogen-bond donors (Lipinski definition) is 0. The summed E-state index contributed by atoms with van der Waals surface area (Å²) in [5.74, 6) is -0.948. The number of rotatable bonds is 7. The molecule has 0 atom stereocenters. The first-order valence-electron chi connectivity index (χ1n) is 8.51. The third-order valence-electron chi connectivity index (χ3n) is 3.88. The second-order valence-corrected chi connectivity index (χ2v) is 5.89. The largest absolute Gasteiger partial charge is 0.451 e. The molecule has 0 fully saturated rings. The quantitative estimate of drug-likeness (QED) is 0.605. The lowest BCUT2D eigenvalue weighted by molar-refractivity contribution is -0.135. The highest BCUT2D eigenvalue weighted by Gasteiger charge is 2.18. The summed E-state index contributed by atoms with van der Waals surface area (Å²) in [5.41, 5.74) is 2.08. The minimum absolute atomic E-state index is 0.0722. The van der Waals surface area contributed by atoms with E-state index in [-0.39, 0.29) is 18.2 Å². The molecule has 0 spiro atoms. The van der Waals surface area contributed by atoms with Gasteiger partial charge in [0.05, 0.1) is 6.20 Å². The molecule has 0 radical (unpaired) electrons. The van der Waals surface area contributed by atoms with E-state index in [2.05, 4.69) is 9.97 Å². The predicted octanol–water partition coefficient (Wildman–Crippen LogP) is 2.86. The number of aromatic nitrogens is 2. The van der Waals surface area contributed by atoms with Gasteiger partial charge in [-0.05, 0) is 11.1 Å². The van der Waals surface area contributed by atoms with Gasteiger partial charge in [-0.25, -0.2) is 9.78 Å². The van der Waals surface area contributed by atoms with Crippen molar-refractivity contribution < 1.29 is 14.3 Å². The van der Waals surface area contributed by atoms with E-state index in [9.17, 15) is 9.59 Å². The van der Waals surface area contributed by atoms with Gasteiger partial charge in [0, 0.05) is 25.5 Å². The summed E-state index contributed by atoms with van der Waals surface area (Å²) < 4.78 is 5.11. The van der Waals surface area contributed by atoms with E-state index < -0.39 is 5.97 Å². The summed E-state index contributed by atoms with van der Waals surface area (Å²) in [7, 11) is 0. The normalized spacial score (nSPS) is 10.2. The second kappa shape index (κ2) is 9.24. The van der Waals surface area contributed by atoms with Crippen LogP contribution in [0.15, 0.2) is 79.3 Å². The van der Waals surface area contributed by atoms with Crippen LogP contribution in [0.3, 0.4) is 0 Å². The minimum atomic E-state index is -0.671. The number of hydrogen-bond acceptors (Lipinski definition) is 5. The maximum Gasteiger partial charge on any atom is 0.359 e. The maximum atomic E-state index is 12.7. The van der Waals surface area contributed by atoms with Crippen LogP contribution in [-0.4, -0.2) is 33.4 Å². The Balaban J connectivity index is 1.67. The lowest BCUT2D eigenvalue weighted by atomic mass is 10.1. The second-order valence-electron chi connectivity index (χ2n) is 5.89. The highest BCUT2D eigenvalue weighted by Crippen LogP contribution is 2.11. The van der Waals surface area contributed by atoms with Crippen molar-refractivity contribution in [1.29, 1.82) is 0 Å². The summed E-state index contributed by atoms with van der Waals surface area (Å²) in [5, 5.41) is 0. The highest BCUT2D eigenvalue weighted by atomic mass is 16.5. The molecule has 3 aromatic rings. The Hall–Kier alpha value is -3.54. The third kappa shape index (κ3) is 5.47. The molecule has 3 rings (SSSR count). The standard InChI is InChI=1S/C21H19N3O3/c25-20(16-27-21(26)19-13-22-11-12-23-19)24(14-17-7-3-1-4-8-17)15-18-9-5-2-6-10-18/h1-13H,14-16H2. The molecule has 1 heterocycles. The number of carbonyl (C=O) groups excluding carboxylic acids is 2. The van der Waals surface area contributed by atoms with E-state index in [4.69, 9.17) is 4.74 Å². The van der Waals surface area contributed by atoms with E-state index in [0.717, 1.165) is 11.1 Å². The van der Waals surface area contributed by atoms with Gasteiger partial charge in [0.1, 0.15) is 0 Å². The van der Waals surface area contributed by atoms with Crippen LogP contribution in [-0.2, 0) is 22.6 Å². The van der Waals surface area contributed by atoms with Crippen LogP contribution in [0.5, 0.6) is 0 Å². The smallest absolute Gasteiger partial charge is 0.359 e. The zero-order chi connectivity index (χ0) is 18.9. The Morgan fingerprint density at radius 1 is 0.852 bits per heavy atom. The van der Waals surface area contributed by atoms with Crippen LogP contribution in [0.4, 0.5) is 0 Å². The summed E-state index contributed by atoms with van der Waals surface area (Å²) in [6.07, 6.45) is 4.16. The molecule has 0 N–H and O–H groups in total. The molecule has 0 aliphatic heterocycles. The Kier molecular flexibility index (Phi) is 6.25. The average molecular weight is 361 g/mol. The molecule has 0 bridgehead atoms. The number of esters is 1. The van der Waals surface area contributed by atoms with Gasteiger partial charge in [0.2, 0.25) is 0 Å². The molecule has 0 aliphatic carbocycles. The highest BCUT2D eigenvalue weighted by molar-refractivity contribution is 5.89. The average Bonchev–Trinajstić information content (AvgIpc) is 2.73. The Morgan fingerprint density at radius 2 is 1.44 bits per heavy atom. The van der Waals surface area contributed by atoms with Gasteiger partial charge in [-0.3, -0.25) is 9.78 Å². The molecule has 2 aromatic carbocycles. The van der Waals surface area contributed by atoms with E-state index >= 15 is 0 Å². The number of ether oxygens (including phenoxy) is 1. The van der Waals surface area contributed by atoms with Gasteiger partial charge < -0.3 is 9.64 Å². The van der Waals surface area contributed by atoms with Crippen LogP contribution >= 0.6 is 0 Å². The lowest BCUT2D eigenvalue weighted by Crippen LogP contribution is -2.34. The molecule has 27 heavy (non-hydrogen) atoms. The van der Waals surface area contributed by atoms with Gasteiger partial charge >= 0.3 is 5.97 Å². The van der Waals surface area contributed by atoms with Gasteiger partial charge in [-0.1, -0.05) is 60.7 Å². The molecule has 0 saturated carbocycles. The number of nitrogens with zero attached hydrogens (tertiary/aromatic N) is 3. The van der Waals surface area contributed by atoms with Crippen molar-refractivity contribution in [2.24, 2.45) is 0 Å². The number of benzene rings is 2. The SMILES string of the molecule is O=C(OCC(=O)N(Cc1ccccc1)Cc1ccccc1)c1cnccn1. The minimum Gasteiger partial charge on any atom is -0.451 e. The third-order valence-corrected chi connectivity index (χ3v) is 3.88. The van der Waals surface area contributed by atoms with Crippen molar-refractivity contribution >= 4 is 11.9 Å². The molecular weight excluding hydrogens is 342 g/mol. The molecule has 136 valence electrons. The van der Waals surface area contributed by atoms with E-state index in [1.54, 1.807) is 4.90 Å². The van der Waals surface area contributed by atoms with Crippen LogP contribution in [0.25, 0.3) is 0 Å². The fourth-order valence-corrected chi connectivity index (χ4v) is 2.54. The Labute approximate surface area is 157 Å². The van der Waals surface area contributed by atoms with Crippen molar-refractivity contribution in [3.05, 3.63) is 96.1 Å². The Morgan fingerprint density at radius 3 is 1.96 bits per heavy atom. The monoisotopic (exact) mass is 361 g/mol. The van der Waals surface area contributed by atoms with Crippen LogP contribution in [0, 0.1) is 0 Å². The van der Waals surface area contributed by atoms with Gasteiger partial charge in [0.15, 0.2) is 12.3 Å². The van der Waals surface area contributed by atoms with Crippen LogP contribution < -0.4 is 0 Å². The van der Waals surface area contributed by atoms with Crippen molar-refractivity contribution in [2.45, 2.75) is 13.1 Å². The molecule has 0 unspecified atom stereocenters. The molecule has 6 nitrogen and oxygen atoms in total. The zero-order valence-corrected chi connectivity index (χ0v) is 14.7. The van der Waals surface area contributed by atoms with Gasteiger partial charge in [-0.15, -0.1) is 0 Å². The van der Waals surface area contributed by atoms with Crippen LogP contribution in [0.1, 0.15) is 21.6 Å². The first-order chi connectivity index (χ1) is 13.2. The van der Waals surface area contributed by atoms with E-state index in [1.165, 1.54) is 18.6 Å². The molecule has 0 saturated heterocycles. The Bertz CT molecular complexity index is 829. The maximum absolute atomic E-state index is 12.7. The first kappa shape index (κ1) is 18.3. The summed E-state index contributed by atoms with van der Waals surface area (Å²) in [6.45, 7) is 0.504. The molecular formula is C21H19N3O3. The van der Waals surface area contributed by atoms with Crippen molar-refractivity contribution in [3.63, 3.8) is 0 Å². The fraction of sp³-hybridized carbons (Fsp3) is 0.143. The molecule has 0 aliphatic rings. The van der Waals surface area contributed by atoms with Gasteiger partial charge in [0.25, 0.3) is 5.91 Å². The number of amides is 1. The van der Waals surface area contributed by atoms with Crippen molar-refractivity contribution in [2.75, 3.05) is 6.61 Å². The zero-order valence-electron chi connectivity index (χ0n) is 14.7. The molecule has 1 aromatic heterocycles.